The first-order valence-electron chi connectivity index (χ1n) is 6.33. The van der Waals surface area contributed by atoms with Crippen LogP contribution in [0.5, 0.6) is 0 Å². The summed E-state index contributed by atoms with van der Waals surface area (Å²) < 4.78 is 7.22. The molecular formula is C15H20BrNO. The molecular weight excluding hydrogens is 290 g/mol. The van der Waals surface area contributed by atoms with Crippen LogP contribution in [0.15, 0.2) is 15.0 Å². The lowest BCUT2D eigenvalue weighted by Crippen LogP contribution is -2.06. The van der Waals surface area contributed by atoms with Gasteiger partial charge in [-0.1, -0.05) is 29.8 Å². The van der Waals surface area contributed by atoms with Gasteiger partial charge in [-0.2, -0.15) is 0 Å². The van der Waals surface area contributed by atoms with Gasteiger partial charge in [-0.3, -0.25) is 0 Å². The number of hydrogen-bond acceptors (Lipinski definition) is 2. The smallest absolute Gasteiger partial charge is 0.135 e. The summed E-state index contributed by atoms with van der Waals surface area (Å²) >= 11 is 3.67. The van der Waals surface area contributed by atoms with E-state index in [4.69, 9.17) is 4.42 Å². The molecule has 0 atom stereocenters. The molecule has 0 aliphatic carbocycles. The zero-order valence-electron chi connectivity index (χ0n) is 11.6. The lowest BCUT2D eigenvalue weighted by molar-refractivity contribution is 0.520. The lowest BCUT2D eigenvalue weighted by Gasteiger charge is -2.09. The van der Waals surface area contributed by atoms with Crippen LogP contribution in [0.2, 0.25) is 0 Å². The fraction of sp³-hybridized carbons (Fsp3) is 0.467. The molecule has 0 aliphatic rings. The number of nitrogens with one attached hydrogen (secondary N) is 1. The predicted octanol–water partition coefficient (Wildman–Crippen LogP) is 4.65. The second-order valence-corrected chi connectivity index (χ2v) is 5.92. The Kier molecular flexibility index (Phi) is 3.83. The largest absolute Gasteiger partial charge is 0.459 e. The van der Waals surface area contributed by atoms with Gasteiger partial charge < -0.3 is 9.73 Å². The van der Waals surface area contributed by atoms with E-state index in [1.54, 1.807) is 0 Å². The number of furan rings is 1. The Balaban J connectivity index is 2.82. The van der Waals surface area contributed by atoms with Crippen LogP contribution < -0.4 is 5.32 Å². The van der Waals surface area contributed by atoms with E-state index in [0.717, 1.165) is 17.9 Å². The fourth-order valence-corrected chi connectivity index (χ4v) is 2.88. The van der Waals surface area contributed by atoms with Crippen molar-refractivity contribution in [3.05, 3.63) is 33.0 Å². The first-order chi connectivity index (χ1) is 8.47. The first kappa shape index (κ1) is 13.6. The third kappa shape index (κ3) is 2.10. The third-order valence-corrected chi connectivity index (χ3v) is 4.58. The maximum atomic E-state index is 6.03. The minimum Gasteiger partial charge on any atom is -0.459 e. The molecule has 0 fully saturated rings. The normalized spacial score (nSPS) is 11.7. The summed E-state index contributed by atoms with van der Waals surface area (Å²) in [4.78, 5) is 0. The molecule has 0 saturated heterocycles. The maximum Gasteiger partial charge on any atom is 0.135 e. The molecule has 1 aromatic carbocycles. The summed E-state index contributed by atoms with van der Waals surface area (Å²) in [5.41, 5.74) is 4.83. The minimum atomic E-state index is 0.461. The summed E-state index contributed by atoms with van der Waals surface area (Å²) in [6, 6.07) is 2.12. The van der Waals surface area contributed by atoms with E-state index in [9.17, 15) is 0 Å². The van der Waals surface area contributed by atoms with Crippen molar-refractivity contribution < 1.29 is 4.42 Å². The molecule has 0 amide bonds. The number of fused-ring (bicyclic) bond motifs is 1. The fourth-order valence-electron chi connectivity index (χ4n) is 2.57. The Morgan fingerprint density at radius 1 is 1.33 bits per heavy atom. The highest BCUT2D eigenvalue weighted by Crippen LogP contribution is 2.38. The van der Waals surface area contributed by atoms with Crippen molar-refractivity contribution in [2.75, 3.05) is 7.05 Å². The number of rotatable bonds is 3. The summed E-state index contributed by atoms with van der Waals surface area (Å²) in [6.45, 7) is 9.47. The third-order valence-electron chi connectivity index (χ3n) is 3.36. The van der Waals surface area contributed by atoms with Gasteiger partial charge in [-0.15, -0.1) is 0 Å². The summed E-state index contributed by atoms with van der Waals surface area (Å²) in [5, 5.41) is 4.45. The van der Waals surface area contributed by atoms with E-state index < -0.39 is 0 Å². The van der Waals surface area contributed by atoms with Crippen LogP contribution >= 0.6 is 15.9 Å². The van der Waals surface area contributed by atoms with Crippen LogP contribution in [0.25, 0.3) is 11.0 Å². The molecule has 1 heterocycles. The van der Waals surface area contributed by atoms with E-state index in [-0.39, 0.29) is 0 Å². The molecule has 0 unspecified atom stereocenters. The minimum absolute atomic E-state index is 0.461. The Morgan fingerprint density at radius 2 is 2.00 bits per heavy atom. The molecule has 0 bridgehead atoms. The maximum absolute atomic E-state index is 6.03. The lowest BCUT2D eigenvalue weighted by atomic mass is 9.95. The molecule has 0 spiro atoms. The van der Waals surface area contributed by atoms with Crippen molar-refractivity contribution in [3.63, 3.8) is 0 Å². The number of halogens is 1. The van der Waals surface area contributed by atoms with Crippen molar-refractivity contribution in [3.8, 4) is 0 Å². The Morgan fingerprint density at radius 3 is 2.56 bits per heavy atom. The molecule has 1 N–H and O–H groups in total. The Bertz CT molecular complexity index is 584. The van der Waals surface area contributed by atoms with Crippen LogP contribution in [-0.4, -0.2) is 7.05 Å². The number of hydrogen-bond donors (Lipinski definition) is 1. The van der Waals surface area contributed by atoms with Gasteiger partial charge in [0.15, 0.2) is 0 Å². The highest BCUT2D eigenvalue weighted by atomic mass is 79.9. The molecule has 2 rings (SSSR count). The molecule has 0 aliphatic heterocycles. The van der Waals surface area contributed by atoms with Crippen molar-refractivity contribution in [2.45, 2.75) is 40.2 Å². The van der Waals surface area contributed by atoms with Crippen molar-refractivity contribution in [2.24, 2.45) is 0 Å². The van der Waals surface area contributed by atoms with E-state index >= 15 is 0 Å². The molecule has 1 aromatic heterocycles. The average molecular weight is 310 g/mol. The van der Waals surface area contributed by atoms with E-state index in [2.05, 4.69) is 55.0 Å². The van der Waals surface area contributed by atoms with Crippen LogP contribution in [0.1, 0.15) is 42.2 Å². The highest BCUT2D eigenvalue weighted by molar-refractivity contribution is 9.10. The van der Waals surface area contributed by atoms with Crippen LogP contribution in [0.4, 0.5) is 0 Å². The van der Waals surface area contributed by atoms with Gasteiger partial charge in [0.05, 0.1) is 6.54 Å². The van der Waals surface area contributed by atoms with Gasteiger partial charge in [0.2, 0.25) is 0 Å². The standard InChI is InChI=1S/C15H20BrNO/c1-8(2)13-12(7-17-5)18-11-6-9(3)15(16)10(4)14(11)13/h6,8,17H,7H2,1-5H3. The topological polar surface area (TPSA) is 25.2 Å². The van der Waals surface area contributed by atoms with E-state index in [1.807, 2.05) is 7.05 Å². The molecule has 0 radical (unpaired) electrons. The molecule has 2 nitrogen and oxygen atoms in total. The van der Waals surface area contributed by atoms with Gasteiger partial charge in [0.25, 0.3) is 0 Å². The second-order valence-electron chi connectivity index (χ2n) is 5.13. The average Bonchev–Trinajstić information content (AvgIpc) is 2.65. The second kappa shape index (κ2) is 5.06. The first-order valence-corrected chi connectivity index (χ1v) is 7.12. The van der Waals surface area contributed by atoms with Crippen LogP contribution in [-0.2, 0) is 6.54 Å². The quantitative estimate of drug-likeness (QED) is 0.892. The SMILES string of the molecule is CNCc1oc2cc(C)c(Br)c(C)c2c1C(C)C. The Hall–Kier alpha value is -0.800. The van der Waals surface area contributed by atoms with Gasteiger partial charge in [0, 0.05) is 15.4 Å². The summed E-state index contributed by atoms with van der Waals surface area (Å²) in [5.74, 6) is 1.52. The monoisotopic (exact) mass is 309 g/mol. The van der Waals surface area contributed by atoms with Gasteiger partial charge in [-0.25, -0.2) is 0 Å². The van der Waals surface area contributed by atoms with Crippen LogP contribution in [0.3, 0.4) is 0 Å². The van der Waals surface area contributed by atoms with Crippen molar-refractivity contribution in [1.82, 2.24) is 5.32 Å². The zero-order valence-corrected chi connectivity index (χ0v) is 13.2. The van der Waals surface area contributed by atoms with Crippen molar-refractivity contribution >= 4 is 26.9 Å². The van der Waals surface area contributed by atoms with Crippen LogP contribution in [0, 0.1) is 13.8 Å². The number of benzene rings is 1. The van der Waals surface area contributed by atoms with Gasteiger partial charge >= 0.3 is 0 Å². The molecule has 98 valence electrons. The van der Waals surface area contributed by atoms with E-state index in [1.165, 1.54) is 26.5 Å². The van der Waals surface area contributed by atoms with E-state index in [0.29, 0.717) is 5.92 Å². The molecule has 2 aromatic rings. The predicted molar refractivity (Wildman–Crippen MR) is 80.2 cm³/mol. The highest BCUT2D eigenvalue weighted by Gasteiger charge is 2.20. The van der Waals surface area contributed by atoms with Gasteiger partial charge in [-0.05, 0) is 44.0 Å². The molecule has 3 heteroatoms. The number of aryl methyl sites for hydroxylation is 2. The summed E-state index contributed by atoms with van der Waals surface area (Å²) in [7, 11) is 1.95. The van der Waals surface area contributed by atoms with Gasteiger partial charge in [0.1, 0.15) is 11.3 Å². The molecule has 0 saturated carbocycles. The Labute approximate surface area is 117 Å². The zero-order chi connectivity index (χ0) is 13.4. The molecule has 18 heavy (non-hydrogen) atoms. The van der Waals surface area contributed by atoms with Crippen molar-refractivity contribution in [1.29, 1.82) is 0 Å². The summed E-state index contributed by atoms with van der Waals surface area (Å²) in [6.07, 6.45) is 0.